The second-order valence-corrected chi connectivity index (χ2v) is 4.65. The van der Waals surface area contributed by atoms with Gasteiger partial charge in [0.2, 0.25) is 5.91 Å². The van der Waals surface area contributed by atoms with E-state index in [9.17, 15) is 4.79 Å². The van der Waals surface area contributed by atoms with Crippen molar-refractivity contribution in [1.29, 1.82) is 0 Å². The van der Waals surface area contributed by atoms with Gasteiger partial charge < -0.3 is 10.6 Å². The lowest BCUT2D eigenvalue weighted by molar-refractivity contribution is -0.121. The quantitative estimate of drug-likeness (QED) is 0.602. The monoisotopic (exact) mass is 218 g/mol. The minimum Gasteiger partial charge on any atom is -0.353 e. The molecule has 14 heavy (non-hydrogen) atoms. The van der Waals surface area contributed by atoms with E-state index in [2.05, 4.69) is 24.5 Å². The zero-order valence-electron chi connectivity index (χ0n) is 9.43. The molecule has 1 amide bonds. The fraction of sp³-hybridized carbons (Fsp3) is 0.900. The van der Waals surface area contributed by atoms with Crippen LogP contribution >= 0.6 is 11.8 Å². The van der Waals surface area contributed by atoms with Crippen LogP contribution in [0.15, 0.2) is 0 Å². The van der Waals surface area contributed by atoms with Crippen molar-refractivity contribution < 1.29 is 4.79 Å². The lowest BCUT2D eigenvalue weighted by Gasteiger charge is -2.12. The van der Waals surface area contributed by atoms with Crippen molar-refractivity contribution in [2.75, 3.05) is 25.1 Å². The van der Waals surface area contributed by atoms with Crippen LogP contribution in [0, 0.1) is 0 Å². The Labute approximate surface area is 91.4 Å². The summed E-state index contributed by atoms with van der Waals surface area (Å²) in [5.41, 5.74) is 0. The molecule has 0 aliphatic heterocycles. The number of rotatable bonds is 8. The molecule has 0 spiro atoms. The molecule has 0 aromatic rings. The molecule has 1 unspecified atom stereocenters. The minimum absolute atomic E-state index is 0.171. The highest BCUT2D eigenvalue weighted by Crippen LogP contribution is 2.01. The first-order valence-corrected chi connectivity index (χ1v) is 6.37. The van der Waals surface area contributed by atoms with E-state index in [1.807, 2.05) is 18.8 Å². The van der Waals surface area contributed by atoms with Crippen LogP contribution in [0.3, 0.4) is 0 Å². The Kier molecular flexibility index (Phi) is 9.19. The Morgan fingerprint density at radius 3 is 2.79 bits per heavy atom. The average molecular weight is 218 g/mol. The first-order chi connectivity index (χ1) is 6.70. The molecule has 0 aliphatic carbocycles. The van der Waals surface area contributed by atoms with Gasteiger partial charge in [0.25, 0.3) is 0 Å². The summed E-state index contributed by atoms with van der Waals surface area (Å²) >= 11 is 1.86. The molecule has 0 saturated heterocycles. The minimum atomic E-state index is 0.171. The van der Waals surface area contributed by atoms with Gasteiger partial charge >= 0.3 is 0 Å². The Bertz CT molecular complexity index is 153. The van der Waals surface area contributed by atoms with Crippen LogP contribution in [-0.4, -0.2) is 37.0 Å². The summed E-state index contributed by atoms with van der Waals surface area (Å²) in [4.78, 5) is 11.3. The second kappa shape index (κ2) is 9.34. The Balaban J connectivity index is 3.40. The molecule has 1 atom stereocenters. The van der Waals surface area contributed by atoms with Crippen LogP contribution < -0.4 is 10.6 Å². The van der Waals surface area contributed by atoms with Crippen molar-refractivity contribution in [3.05, 3.63) is 0 Å². The highest BCUT2D eigenvalue weighted by Gasteiger charge is 2.05. The molecule has 2 N–H and O–H groups in total. The van der Waals surface area contributed by atoms with Gasteiger partial charge in [0.1, 0.15) is 0 Å². The van der Waals surface area contributed by atoms with Gasteiger partial charge in [-0.1, -0.05) is 6.92 Å². The molecule has 0 heterocycles. The van der Waals surface area contributed by atoms with Gasteiger partial charge in [0.15, 0.2) is 0 Å². The standard InChI is InChI=1S/C10H22N2OS/c1-4-14-8-9(2)12-10(13)6-5-7-11-3/h9,11H,4-8H2,1-3H3,(H,12,13). The number of carbonyl (C=O) groups is 1. The van der Waals surface area contributed by atoms with E-state index in [0.717, 1.165) is 24.5 Å². The predicted octanol–water partition coefficient (Wildman–Crippen LogP) is 1.24. The molecule has 0 bridgehead atoms. The topological polar surface area (TPSA) is 41.1 Å². The summed E-state index contributed by atoms with van der Waals surface area (Å²) in [7, 11) is 1.90. The highest BCUT2D eigenvalue weighted by molar-refractivity contribution is 7.99. The van der Waals surface area contributed by atoms with E-state index in [-0.39, 0.29) is 5.91 Å². The number of hydrogen-bond acceptors (Lipinski definition) is 3. The van der Waals surface area contributed by atoms with Gasteiger partial charge in [-0.25, -0.2) is 0 Å². The molecule has 0 fully saturated rings. The van der Waals surface area contributed by atoms with E-state index < -0.39 is 0 Å². The molecular weight excluding hydrogens is 196 g/mol. The van der Waals surface area contributed by atoms with E-state index in [1.54, 1.807) is 0 Å². The molecule has 0 aliphatic rings. The van der Waals surface area contributed by atoms with Gasteiger partial charge in [-0.2, -0.15) is 11.8 Å². The summed E-state index contributed by atoms with van der Waals surface area (Å²) in [6.07, 6.45) is 1.54. The second-order valence-electron chi connectivity index (χ2n) is 3.34. The third-order valence-corrected chi connectivity index (χ3v) is 2.95. The third kappa shape index (κ3) is 8.38. The Morgan fingerprint density at radius 2 is 2.21 bits per heavy atom. The van der Waals surface area contributed by atoms with Crippen LogP contribution in [0.1, 0.15) is 26.7 Å². The lowest BCUT2D eigenvalue weighted by Crippen LogP contribution is -2.34. The lowest BCUT2D eigenvalue weighted by atomic mass is 10.2. The number of nitrogens with one attached hydrogen (secondary N) is 2. The summed E-state index contributed by atoms with van der Waals surface area (Å²) in [5, 5.41) is 6.01. The fourth-order valence-corrected chi connectivity index (χ4v) is 1.78. The van der Waals surface area contributed by atoms with Crippen molar-refractivity contribution in [2.45, 2.75) is 32.7 Å². The molecular formula is C10H22N2OS. The van der Waals surface area contributed by atoms with Gasteiger partial charge in [-0.3, -0.25) is 4.79 Å². The van der Waals surface area contributed by atoms with Gasteiger partial charge in [0, 0.05) is 18.2 Å². The first kappa shape index (κ1) is 13.8. The van der Waals surface area contributed by atoms with Crippen molar-refractivity contribution in [1.82, 2.24) is 10.6 Å². The fourth-order valence-electron chi connectivity index (χ4n) is 1.11. The number of hydrogen-bond donors (Lipinski definition) is 2. The normalized spacial score (nSPS) is 12.5. The molecule has 3 nitrogen and oxygen atoms in total. The summed E-state index contributed by atoms with van der Waals surface area (Å²) < 4.78 is 0. The van der Waals surface area contributed by atoms with E-state index in [1.165, 1.54) is 0 Å². The van der Waals surface area contributed by atoms with Crippen LogP contribution in [0.25, 0.3) is 0 Å². The van der Waals surface area contributed by atoms with Crippen molar-refractivity contribution in [2.24, 2.45) is 0 Å². The van der Waals surface area contributed by atoms with Gasteiger partial charge in [0.05, 0.1) is 0 Å². The Morgan fingerprint density at radius 1 is 1.50 bits per heavy atom. The predicted molar refractivity (Wildman–Crippen MR) is 63.8 cm³/mol. The Hall–Kier alpha value is -0.220. The largest absolute Gasteiger partial charge is 0.353 e. The van der Waals surface area contributed by atoms with Gasteiger partial charge in [-0.15, -0.1) is 0 Å². The van der Waals surface area contributed by atoms with Gasteiger partial charge in [-0.05, 0) is 32.7 Å². The zero-order valence-corrected chi connectivity index (χ0v) is 10.2. The average Bonchev–Trinajstić information content (AvgIpc) is 2.15. The molecule has 0 aromatic heterocycles. The number of carbonyl (C=O) groups excluding carboxylic acids is 1. The molecule has 0 rings (SSSR count). The summed E-state index contributed by atoms with van der Waals surface area (Å²) in [5.74, 6) is 2.29. The molecule has 4 heteroatoms. The number of amides is 1. The highest BCUT2D eigenvalue weighted by atomic mass is 32.2. The molecule has 0 saturated carbocycles. The van der Waals surface area contributed by atoms with Crippen LogP contribution in [0.5, 0.6) is 0 Å². The summed E-state index contributed by atoms with van der Waals surface area (Å²) in [6, 6.07) is 0.294. The van der Waals surface area contributed by atoms with E-state index >= 15 is 0 Å². The zero-order chi connectivity index (χ0) is 10.8. The molecule has 0 radical (unpaired) electrons. The van der Waals surface area contributed by atoms with Crippen LogP contribution in [-0.2, 0) is 4.79 Å². The van der Waals surface area contributed by atoms with E-state index in [4.69, 9.17) is 0 Å². The maximum Gasteiger partial charge on any atom is 0.220 e. The molecule has 84 valence electrons. The SMILES string of the molecule is CCSCC(C)NC(=O)CCCNC. The van der Waals surface area contributed by atoms with Crippen molar-refractivity contribution in [3.63, 3.8) is 0 Å². The number of thioether (sulfide) groups is 1. The van der Waals surface area contributed by atoms with Crippen LogP contribution in [0.2, 0.25) is 0 Å². The van der Waals surface area contributed by atoms with E-state index in [0.29, 0.717) is 12.5 Å². The smallest absolute Gasteiger partial charge is 0.220 e. The maximum absolute atomic E-state index is 11.3. The first-order valence-electron chi connectivity index (χ1n) is 5.22. The van der Waals surface area contributed by atoms with Crippen molar-refractivity contribution >= 4 is 17.7 Å². The third-order valence-electron chi connectivity index (χ3n) is 1.81. The maximum atomic E-state index is 11.3. The molecule has 0 aromatic carbocycles. The summed E-state index contributed by atoms with van der Waals surface area (Å²) in [6.45, 7) is 5.09. The van der Waals surface area contributed by atoms with Crippen LogP contribution in [0.4, 0.5) is 0 Å². The van der Waals surface area contributed by atoms with Crippen molar-refractivity contribution in [3.8, 4) is 0 Å².